The minimum Gasteiger partial charge on any atom is -0.335 e. The Hall–Kier alpha value is -1.24. The molecule has 0 spiro atoms. The van der Waals surface area contributed by atoms with E-state index >= 15 is 0 Å². The lowest BCUT2D eigenvalue weighted by atomic mass is 9.95. The van der Waals surface area contributed by atoms with Crippen molar-refractivity contribution in [3.05, 3.63) is 12.7 Å². The van der Waals surface area contributed by atoms with Crippen molar-refractivity contribution in [3.63, 3.8) is 0 Å². The van der Waals surface area contributed by atoms with E-state index < -0.39 is 0 Å². The van der Waals surface area contributed by atoms with Crippen LogP contribution in [0.2, 0.25) is 0 Å². The average molecular weight is 311 g/mol. The number of thioether (sulfide) groups is 1. The molecule has 0 aliphatic heterocycles. The third-order valence-corrected chi connectivity index (χ3v) is 4.90. The zero-order valence-electron chi connectivity index (χ0n) is 12.8. The van der Waals surface area contributed by atoms with Gasteiger partial charge in [0.05, 0.1) is 6.54 Å². The van der Waals surface area contributed by atoms with Crippen molar-refractivity contribution >= 4 is 17.8 Å². The third-order valence-electron chi connectivity index (χ3n) is 3.67. The summed E-state index contributed by atoms with van der Waals surface area (Å²) < 4.78 is 1.72. The summed E-state index contributed by atoms with van der Waals surface area (Å²) in [6.07, 6.45) is 7.82. The molecule has 2 N–H and O–H groups in total. The molecule has 7 heteroatoms. The van der Waals surface area contributed by atoms with Crippen LogP contribution in [0.5, 0.6) is 0 Å². The summed E-state index contributed by atoms with van der Waals surface area (Å²) in [6, 6.07) is 0.257. The molecule has 3 atom stereocenters. The van der Waals surface area contributed by atoms with Crippen LogP contribution in [0.4, 0.5) is 4.79 Å². The molecule has 2 rings (SSSR count). The molecule has 1 aliphatic rings. The van der Waals surface area contributed by atoms with Crippen molar-refractivity contribution in [2.45, 2.75) is 63.4 Å². The molecule has 0 aromatic carbocycles. The molecule has 0 bridgehead atoms. The third kappa shape index (κ3) is 5.57. The lowest BCUT2D eigenvalue weighted by Gasteiger charge is -2.29. The molecule has 1 aromatic rings. The van der Waals surface area contributed by atoms with Gasteiger partial charge in [-0.15, -0.1) is 0 Å². The van der Waals surface area contributed by atoms with Gasteiger partial charge in [-0.25, -0.2) is 9.78 Å². The van der Waals surface area contributed by atoms with Crippen molar-refractivity contribution in [3.8, 4) is 0 Å². The molecule has 118 valence electrons. The number of hydrogen-bond donors (Lipinski definition) is 2. The maximum Gasteiger partial charge on any atom is 0.315 e. The molecule has 1 saturated carbocycles. The van der Waals surface area contributed by atoms with Gasteiger partial charge in [-0.3, -0.25) is 4.68 Å². The summed E-state index contributed by atoms with van der Waals surface area (Å²) in [5, 5.41) is 10.8. The predicted molar refractivity (Wildman–Crippen MR) is 85.3 cm³/mol. The van der Waals surface area contributed by atoms with E-state index in [9.17, 15) is 4.79 Å². The standard InChI is InChI=1S/C14H25N5OS/c1-3-21-13-6-4-5-12(7-13)18-14(20)17-11(2)8-19-10-15-9-16-19/h9-13H,3-8H2,1-2H3,(H2,17,18,20)/t11-,12-,13-/m0/s1. The van der Waals surface area contributed by atoms with Crippen LogP contribution in [0.3, 0.4) is 0 Å². The SMILES string of the molecule is CCS[C@H]1CCC[C@H](NC(=O)N[C@@H](C)Cn2cncn2)C1. The molecule has 1 aliphatic carbocycles. The lowest BCUT2D eigenvalue weighted by Crippen LogP contribution is -2.48. The first-order chi connectivity index (χ1) is 10.2. The van der Waals surface area contributed by atoms with Crippen LogP contribution in [0.1, 0.15) is 39.5 Å². The normalized spacial score (nSPS) is 23.5. The van der Waals surface area contributed by atoms with Gasteiger partial charge in [-0.2, -0.15) is 16.9 Å². The summed E-state index contributed by atoms with van der Waals surface area (Å²) >= 11 is 2.01. The highest BCUT2D eigenvalue weighted by molar-refractivity contribution is 7.99. The number of rotatable bonds is 6. The summed E-state index contributed by atoms with van der Waals surface area (Å²) in [4.78, 5) is 15.9. The van der Waals surface area contributed by atoms with Crippen LogP contribution < -0.4 is 10.6 Å². The van der Waals surface area contributed by atoms with Crippen LogP contribution in [-0.4, -0.2) is 43.9 Å². The minimum absolute atomic E-state index is 0.0242. The molecule has 1 fully saturated rings. The van der Waals surface area contributed by atoms with Crippen LogP contribution in [0.25, 0.3) is 0 Å². The van der Waals surface area contributed by atoms with Gasteiger partial charge in [0.15, 0.2) is 0 Å². The smallest absolute Gasteiger partial charge is 0.315 e. The van der Waals surface area contributed by atoms with E-state index in [1.54, 1.807) is 11.0 Å². The van der Waals surface area contributed by atoms with E-state index in [1.807, 2.05) is 18.7 Å². The van der Waals surface area contributed by atoms with Crippen LogP contribution in [0.15, 0.2) is 12.7 Å². The number of aromatic nitrogens is 3. The highest BCUT2D eigenvalue weighted by Gasteiger charge is 2.23. The van der Waals surface area contributed by atoms with Gasteiger partial charge in [0.1, 0.15) is 12.7 Å². The van der Waals surface area contributed by atoms with Gasteiger partial charge in [0.25, 0.3) is 0 Å². The van der Waals surface area contributed by atoms with Gasteiger partial charge in [-0.05, 0) is 31.9 Å². The van der Waals surface area contributed by atoms with Crippen molar-refractivity contribution < 1.29 is 4.79 Å². The molecule has 21 heavy (non-hydrogen) atoms. The zero-order chi connectivity index (χ0) is 15.1. The summed E-state index contributed by atoms with van der Waals surface area (Å²) in [7, 11) is 0. The van der Waals surface area contributed by atoms with Crippen LogP contribution >= 0.6 is 11.8 Å². The number of carbonyl (C=O) groups excluding carboxylic acids is 1. The number of hydrogen-bond acceptors (Lipinski definition) is 4. The Morgan fingerprint density at radius 2 is 2.38 bits per heavy atom. The minimum atomic E-state index is -0.0743. The fraction of sp³-hybridized carbons (Fsp3) is 0.786. The van der Waals surface area contributed by atoms with E-state index in [2.05, 4.69) is 27.6 Å². The van der Waals surface area contributed by atoms with E-state index in [1.165, 1.54) is 19.2 Å². The fourth-order valence-corrected chi connectivity index (χ4v) is 3.94. The van der Waals surface area contributed by atoms with Crippen LogP contribution in [-0.2, 0) is 6.54 Å². The molecule has 0 saturated heterocycles. The summed E-state index contributed by atoms with van der Waals surface area (Å²) in [5.74, 6) is 1.15. The number of nitrogens with zero attached hydrogens (tertiary/aromatic N) is 3. The first-order valence-electron chi connectivity index (χ1n) is 7.68. The number of carbonyl (C=O) groups is 1. The quantitative estimate of drug-likeness (QED) is 0.843. The van der Waals surface area contributed by atoms with Crippen molar-refractivity contribution in [1.29, 1.82) is 0 Å². The number of amides is 2. The molecular weight excluding hydrogens is 286 g/mol. The first-order valence-corrected chi connectivity index (χ1v) is 8.73. The maximum absolute atomic E-state index is 12.0. The molecule has 1 aromatic heterocycles. The van der Waals surface area contributed by atoms with Gasteiger partial charge >= 0.3 is 6.03 Å². The average Bonchev–Trinajstić information content (AvgIpc) is 2.91. The molecule has 6 nitrogen and oxygen atoms in total. The number of urea groups is 1. The van der Waals surface area contributed by atoms with E-state index in [-0.39, 0.29) is 12.1 Å². The molecule has 1 heterocycles. The number of nitrogens with one attached hydrogen (secondary N) is 2. The van der Waals surface area contributed by atoms with Crippen LogP contribution in [0, 0.1) is 0 Å². The Bertz CT molecular complexity index is 423. The van der Waals surface area contributed by atoms with Crippen molar-refractivity contribution in [1.82, 2.24) is 25.4 Å². The topological polar surface area (TPSA) is 71.8 Å². The lowest BCUT2D eigenvalue weighted by molar-refractivity contribution is 0.228. The summed E-state index contributed by atoms with van der Waals surface area (Å²) in [6.45, 7) is 4.80. The van der Waals surface area contributed by atoms with Gasteiger partial charge in [0, 0.05) is 17.3 Å². The zero-order valence-corrected chi connectivity index (χ0v) is 13.6. The Labute approximate surface area is 130 Å². The maximum atomic E-state index is 12.0. The Morgan fingerprint density at radius 1 is 1.52 bits per heavy atom. The van der Waals surface area contributed by atoms with E-state index in [0.29, 0.717) is 17.8 Å². The van der Waals surface area contributed by atoms with E-state index in [4.69, 9.17) is 0 Å². The van der Waals surface area contributed by atoms with Gasteiger partial charge < -0.3 is 10.6 Å². The predicted octanol–water partition coefficient (Wildman–Crippen LogP) is 2.03. The molecular formula is C14H25N5OS. The second kappa shape index (κ2) is 8.26. The molecule has 0 radical (unpaired) electrons. The second-order valence-electron chi connectivity index (χ2n) is 5.58. The second-order valence-corrected chi connectivity index (χ2v) is 7.15. The summed E-state index contributed by atoms with van der Waals surface area (Å²) in [5.41, 5.74) is 0. The Kier molecular flexibility index (Phi) is 6.35. The Morgan fingerprint density at radius 3 is 3.10 bits per heavy atom. The van der Waals surface area contributed by atoms with Gasteiger partial charge in [0.2, 0.25) is 0 Å². The highest BCUT2D eigenvalue weighted by atomic mass is 32.2. The fourth-order valence-electron chi connectivity index (χ4n) is 2.77. The van der Waals surface area contributed by atoms with Crippen molar-refractivity contribution in [2.24, 2.45) is 0 Å². The largest absolute Gasteiger partial charge is 0.335 e. The van der Waals surface area contributed by atoms with Gasteiger partial charge in [-0.1, -0.05) is 13.3 Å². The van der Waals surface area contributed by atoms with E-state index in [0.717, 1.165) is 18.6 Å². The highest BCUT2D eigenvalue weighted by Crippen LogP contribution is 2.28. The molecule has 2 amide bonds. The van der Waals surface area contributed by atoms with Crippen molar-refractivity contribution in [2.75, 3.05) is 5.75 Å². The Balaban J connectivity index is 1.71. The first kappa shape index (κ1) is 16.1. The molecule has 0 unspecified atom stereocenters. The monoisotopic (exact) mass is 311 g/mol.